The number of rotatable bonds is 16. The first-order valence-corrected chi connectivity index (χ1v) is 20.4. The molecule has 6 rings (SSSR count). The van der Waals surface area contributed by atoms with E-state index in [1.165, 1.54) is 24.8 Å². The quantitative estimate of drug-likeness (QED) is 0.110. The summed E-state index contributed by atoms with van der Waals surface area (Å²) in [7, 11) is 0. The van der Waals surface area contributed by atoms with Gasteiger partial charge >= 0.3 is 6.18 Å². The molecule has 296 valence electrons. The van der Waals surface area contributed by atoms with Gasteiger partial charge < -0.3 is 20.3 Å². The molecule has 1 aromatic heterocycles. The molecule has 0 saturated carbocycles. The number of anilines is 2. The fourth-order valence-electron chi connectivity index (χ4n) is 6.89. The van der Waals surface area contributed by atoms with Gasteiger partial charge in [-0.1, -0.05) is 24.3 Å². The van der Waals surface area contributed by atoms with E-state index < -0.39 is 17.6 Å². The normalized spacial score (nSPS) is 15.0. The zero-order valence-corrected chi connectivity index (χ0v) is 32.2. The van der Waals surface area contributed by atoms with Crippen LogP contribution in [0.1, 0.15) is 75.9 Å². The maximum Gasteiger partial charge on any atom is 0.416 e. The third kappa shape index (κ3) is 11.9. The molecule has 9 nitrogen and oxygen atoms in total. The van der Waals surface area contributed by atoms with Crippen LogP contribution in [-0.4, -0.2) is 79.2 Å². The second-order valence-electron chi connectivity index (χ2n) is 14.1. The third-order valence-electron chi connectivity index (χ3n) is 9.99. The molecule has 0 spiro atoms. The van der Waals surface area contributed by atoms with Gasteiger partial charge in [-0.15, -0.1) is 0 Å². The number of piperidine rings is 1. The van der Waals surface area contributed by atoms with Crippen molar-refractivity contribution in [3.63, 3.8) is 0 Å². The summed E-state index contributed by atoms with van der Waals surface area (Å²) in [5.41, 5.74) is 3.90. The highest BCUT2D eigenvalue weighted by molar-refractivity contribution is 7.98. The number of carbonyl (C=O) groups is 3. The molecule has 4 aromatic rings. The Morgan fingerprint density at radius 3 is 2.38 bits per heavy atom. The van der Waals surface area contributed by atoms with Crippen molar-refractivity contribution >= 4 is 40.7 Å². The van der Waals surface area contributed by atoms with E-state index >= 15 is 0 Å². The van der Waals surface area contributed by atoms with Crippen LogP contribution in [0.5, 0.6) is 0 Å². The number of nitrogens with one attached hydrogen (secondary N) is 2. The molecule has 0 unspecified atom stereocenters. The summed E-state index contributed by atoms with van der Waals surface area (Å²) in [6.07, 6.45) is 2.33. The van der Waals surface area contributed by atoms with E-state index in [9.17, 15) is 27.6 Å². The molecular weight excluding hydrogens is 740 g/mol. The highest BCUT2D eigenvalue weighted by atomic mass is 32.2. The molecule has 2 N–H and O–H groups in total. The second kappa shape index (κ2) is 19.9. The van der Waals surface area contributed by atoms with E-state index in [4.69, 9.17) is 4.74 Å². The fourth-order valence-corrected chi connectivity index (χ4v) is 7.82. The van der Waals surface area contributed by atoms with Crippen molar-refractivity contribution in [3.8, 4) is 11.3 Å². The Hall–Kier alpha value is -4.72. The van der Waals surface area contributed by atoms with Gasteiger partial charge in [0.2, 0.25) is 0 Å². The number of amides is 2. The van der Waals surface area contributed by atoms with Gasteiger partial charge in [0.05, 0.1) is 30.2 Å². The summed E-state index contributed by atoms with van der Waals surface area (Å²) < 4.78 is 45.1. The Labute approximate surface area is 330 Å². The summed E-state index contributed by atoms with van der Waals surface area (Å²) in [6, 6.07) is 21.3. The number of hydrogen-bond donors (Lipinski definition) is 2. The topological polar surface area (TPSA) is 104 Å². The first-order valence-electron chi connectivity index (χ1n) is 19.2. The number of morpholine rings is 1. The zero-order valence-electron chi connectivity index (χ0n) is 31.4. The number of benzene rings is 3. The number of thioether (sulfide) groups is 1. The largest absolute Gasteiger partial charge is 0.416 e. The van der Waals surface area contributed by atoms with Crippen molar-refractivity contribution in [2.24, 2.45) is 0 Å². The van der Waals surface area contributed by atoms with E-state index in [0.29, 0.717) is 46.7 Å². The average Bonchev–Trinajstić information content (AvgIpc) is 3.22. The molecule has 2 aliphatic heterocycles. The lowest BCUT2D eigenvalue weighted by Crippen LogP contribution is -2.36. The van der Waals surface area contributed by atoms with Crippen LogP contribution in [0.4, 0.5) is 24.5 Å². The SMILES string of the molecule is O=C(CCCN1CCOCC1)CCSCc1cccc(C(=O)Nc2ccc(N3CCCCC3)cc2-c2cc(C(=O)NCc3cccc(C(F)(F)F)c3)ccn2)c1. The van der Waals surface area contributed by atoms with Gasteiger partial charge in [0, 0.05) is 85.6 Å². The molecular formula is C43H48F3N5O4S. The van der Waals surface area contributed by atoms with Crippen molar-refractivity contribution in [3.05, 3.63) is 113 Å². The molecule has 2 fully saturated rings. The van der Waals surface area contributed by atoms with Gasteiger partial charge in [-0.25, -0.2) is 0 Å². The van der Waals surface area contributed by atoms with Crippen LogP contribution >= 0.6 is 11.8 Å². The molecule has 2 amide bonds. The lowest BCUT2D eigenvalue weighted by atomic mass is 10.0. The Kier molecular flexibility index (Phi) is 14.6. The Morgan fingerprint density at radius 1 is 0.804 bits per heavy atom. The lowest BCUT2D eigenvalue weighted by molar-refractivity contribution is -0.137. The number of hydrogen-bond acceptors (Lipinski definition) is 8. The van der Waals surface area contributed by atoms with Crippen molar-refractivity contribution in [2.75, 3.05) is 61.9 Å². The van der Waals surface area contributed by atoms with E-state index in [2.05, 4.69) is 25.4 Å². The van der Waals surface area contributed by atoms with Crippen LogP contribution < -0.4 is 15.5 Å². The minimum atomic E-state index is -4.48. The standard InChI is InChI=1S/C43H48F3N5O4S/c44-43(45,46)35-10-5-7-31(26-35)29-48-41(53)34-14-16-47-40(27-34)38-28-36(51-18-2-1-3-19-51)12-13-39(38)49-42(54)33-9-4-8-32(25-33)30-56-24-15-37(52)11-6-17-50-20-22-55-23-21-50/h4-5,7-10,12-14,16,25-28H,1-3,6,11,15,17-24,29-30H2,(H,48,53)(H,49,54). The summed E-state index contributed by atoms with van der Waals surface area (Å²) in [5.74, 6) is 0.900. The van der Waals surface area contributed by atoms with Gasteiger partial charge in [0.15, 0.2) is 0 Å². The van der Waals surface area contributed by atoms with Gasteiger partial charge in [-0.3, -0.25) is 24.3 Å². The Morgan fingerprint density at radius 2 is 1.57 bits per heavy atom. The van der Waals surface area contributed by atoms with Crippen LogP contribution in [0, 0.1) is 0 Å². The maximum absolute atomic E-state index is 13.7. The fraction of sp³-hybridized carbons (Fsp3) is 0.395. The van der Waals surface area contributed by atoms with Gasteiger partial charge in [-0.2, -0.15) is 24.9 Å². The molecule has 3 heterocycles. The van der Waals surface area contributed by atoms with E-state index in [0.717, 1.165) is 94.3 Å². The number of Topliss-reactive ketones (excluding diaryl/α,β-unsaturated/α-hetero) is 1. The van der Waals surface area contributed by atoms with Crippen LogP contribution in [-0.2, 0) is 28.0 Å². The zero-order chi connectivity index (χ0) is 39.3. The van der Waals surface area contributed by atoms with Crippen molar-refractivity contribution in [1.29, 1.82) is 0 Å². The van der Waals surface area contributed by atoms with Gasteiger partial charge in [-0.05, 0) is 98.0 Å². The number of ether oxygens (including phenoxy) is 1. The van der Waals surface area contributed by atoms with Gasteiger partial charge in [0.25, 0.3) is 11.8 Å². The van der Waals surface area contributed by atoms with Crippen LogP contribution in [0.2, 0.25) is 0 Å². The molecule has 3 aromatic carbocycles. The minimum Gasteiger partial charge on any atom is -0.379 e. The number of nitrogens with zero attached hydrogens (tertiary/aromatic N) is 3. The smallest absolute Gasteiger partial charge is 0.379 e. The van der Waals surface area contributed by atoms with Crippen LogP contribution in [0.25, 0.3) is 11.3 Å². The molecule has 2 aliphatic rings. The van der Waals surface area contributed by atoms with E-state index in [-0.39, 0.29) is 23.8 Å². The molecule has 56 heavy (non-hydrogen) atoms. The highest BCUT2D eigenvalue weighted by Crippen LogP contribution is 2.34. The van der Waals surface area contributed by atoms with E-state index in [1.807, 2.05) is 36.4 Å². The van der Waals surface area contributed by atoms with Crippen LogP contribution in [0.15, 0.2) is 85.1 Å². The Bertz CT molecular complexity index is 1960. The number of alkyl halides is 3. The summed E-state index contributed by atoms with van der Waals surface area (Å²) in [6.45, 7) is 6.03. The molecule has 2 saturated heterocycles. The first-order chi connectivity index (χ1) is 27.1. The predicted octanol–water partition coefficient (Wildman–Crippen LogP) is 8.24. The number of aromatic nitrogens is 1. The predicted molar refractivity (Wildman–Crippen MR) is 215 cm³/mol. The number of carbonyl (C=O) groups excluding carboxylic acids is 3. The van der Waals surface area contributed by atoms with Crippen molar-refractivity contribution in [2.45, 2.75) is 57.0 Å². The molecule has 0 aliphatic carbocycles. The Balaban J connectivity index is 1.10. The molecule has 0 bridgehead atoms. The molecule has 0 atom stereocenters. The number of ketones is 1. The summed E-state index contributed by atoms with van der Waals surface area (Å²) in [5, 5.41) is 5.79. The van der Waals surface area contributed by atoms with Crippen molar-refractivity contribution in [1.82, 2.24) is 15.2 Å². The first kappa shape index (κ1) is 40.9. The highest BCUT2D eigenvalue weighted by Gasteiger charge is 2.30. The lowest BCUT2D eigenvalue weighted by Gasteiger charge is -2.29. The summed E-state index contributed by atoms with van der Waals surface area (Å²) in [4.78, 5) is 48.6. The van der Waals surface area contributed by atoms with Gasteiger partial charge in [0.1, 0.15) is 5.78 Å². The average molecular weight is 788 g/mol. The van der Waals surface area contributed by atoms with Crippen LogP contribution in [0.3, 0.4) is 0 Å². The summed E-state index contributed by atoms with van der Waals surface area (Å²) >= 11 is 1.67. The number of pyridine rings is 1. The molecule has 0 radical (unpaired) electrons. The number of halogens is 3. The minimum absolute atomic E-state index is 0.0857. The second-order valence-corrected chi connectivity index (χ2v) is 15.2. The molecule has 13 heteroatoms. The monoisotopic (exact) mass is 787 g/mol. The van der Waals surface area contributed by atoms with Crippen molar-refractivity contribution < 1.29 is 32.3 Å². The third-order valence-corrected chi connectivity index (χ3v) is 11.0. The van der Waals surface area contributed by atoms with E-state index in [1.54, 1.807) is 30.0 Å². The maximum atomic E-state index is 13.7.